The normalized spacial score (nSPS) is 11.6. The van der Waals surface area contributed by atoms with Crippen LogP contribution in [0.15, 0.2) is 128 Å². The van der Waals surface area contributed by atoms with E-state index in [0.29, 0.717) is 39.7 Å². The summed E-state index contributed by atoms with van der Waals surface area (Å²) in [5.74, 6) is 0.0176. The summed E-state index contributed by atoms with van der Waals surface area (Å²) in [5.41, 5.74) is 11.2. The first kappa shape index (κ1) is 22.3. The highest BCUT2D eigenvalue weighted by atomic mass is 16.1. The van der Waals surface area contributed by atoms with E-state index < -0.39 is 0 Å². The molecule has 4 rings (SSSR count). The molecule has 0 atom stereocenters. The lowest BCUT2D eigenvalue weighted by Crippen LogP contribution is -1.89. The van der Waals surface area contributed by atoms with Crippen molar-refractivity contribution in [3.05, 3.63) is 103 Å². The van der Waals surface area contributed by atoms with Crippen LogP contribution in [-0.2, 0) is 0 Å². The van der Waals surface area contributed by atoms with E-state index in [1.54, 1.807) is 48.5 Å². The van der Waals surface area contributed by atoms with Crippen molar-refractivity contribution in [1.82, 2.24) is 0 Å². The van der Waals surface area contributed by atoms with Crippen molar-refractivity contribution < 1.29 is 4.79 Å². The molecule has 0 amide bonds. The number of benzene rings is 4. The van der Waals surface area contributed by atoms with Gasteiger partial charge < -0.3 is 5.73 Å². The van der Waals surface area contributed by atoms with Crippen LogP contribution in [0.5, 0.6) is 0 Å². The number of anilines is 1. The summed E-state index contributed by atoms with van der Waals surface area (Å²) in [5, 5.41) is 25.3. The maximum Gasteiger partial charge on any atom is 0.159 e. The van der Waals surface area contributed by atoms with Crippen LogP contribution in [0.2, 0.25) is 0 Å². The summed E-state index contributed by atoms with van der Waals surface area (Å²) in [6.07, 6.45) is 0. The van der Waals surface area contributed by atoms with Gasteiger partial charge in [-0.25, -0.2) is 0 Å². The maximum absolute atomic E-state index is 11.3. The van der Waals surface area contributed by atoms with Crippen molar-refractivity contribution in [3.8, 4) is 0 Å². The van der Waals surface area contributed by atoms with Gasteiger partial charge in [0.1, 0.15) is 0 Å². The lowest BCUT2D eigenvalue weighted by molar-refractivity contribution is 0.101. The number of azo groups is 3. The molecular formula is C26H21N7O. The molecule has 4 aromatic rings. The molecule has 0 bridgehead atoms. The Balaban J connectivity index is 1.34. The van der Waals surface area contributed by atoms with Gasteiger partial charge in [-0.1, -0.05) is 0 Å². The molecule has 0 heterocycles. The smallest absolute Gasteiger partial charge is 0.159 e. The molecule has 2 N–H and O–H groups in total. The fraction of sp³-hybridized carbons (Fsp3) is 0.0385. The molecule has 0 aliphatic rings. The van der Waals surface area contributed by atoms with Gasteiger partial charge in [0.2, 0.25) is 0 Å². The Labute approximate surface area is 196 Å². The highest BCUT2D eigenvalue weighted by Crippen LogP contribution is 2.25. The van der Waals surface area contributed by atoms with E-state index in [1.165, 1.54) is 6.92 Å². The summed E-state index contributed by atoms with van der Waals surface area (Å²) in [7, 11) is 0. The van der Waals surface area contributed by atoms with Crippen molar-refractivity contribution in [3.63, 3.8) is 0 Å². The summed E-state index contributed by atoms with van der Waals surface area (Å²) in [4.78, 5) is 11.3. The Kier molecular flexibility index (Phi) is 7.00. The first-order chi connectivity index (χ1) is 16.5. The highest BCUT2D eigenvalue weighted by molar-refractivity contribution is 5.94. The number of nitrogen functional groups attached to an aromatic ring is 1. The molecule has 0 saturated heterocycles. The highest BCUT2D eigenvalue weighted by Gasteiger charge is 1.99. The lowest BCUT2D eigenvalue weighted by Gasteiger charge is -1.97. The van der Waals surface area contributed by atoms with E-state index in [4.69, 9.17) is 5.73 Å². The predicted octanol–water partition coefficient (Wildman–Crippen LogP) is 8.72. The monoisotopic (exact) mass is 447 g/mol. The van der Waals surface area contributed by atoms with E-state index in [2.05, 4.69) is 30.7 Å². The molecule has 0 saturated carbocycles. The van der Waals surface area contributed by atoms with E-state index in [1.807, 2.05) is 48.5 Å². The van der Waals surface area contributed by atoms with Crippen LogP contribution in [0.25, 0.3) is 0 Å². The van der Waals surface area contributed by atoms with Gasteiger partial charge in [-0.05, 0) is 104 Å². The minimum Gasteiger partial charge on any atom is -0.399 e. The topological polar surface area (TPSA) is 117 Å². The molecule has 0 fully saturated rings. The van der Waals surface area contributed by atoms with Crippen molar-refractivity contribution in [1.29, 1.82) is 0 Å². The van der Waals surface area contributed by atoms with Gasteiger partial charge in [-0.3, -0.25) is 4.79 Å². The molecule has 4 aromatic carbocycles. The largest absolute Gasteiger partial charge is 0.399 e. The molecular weight excluding hydrogens is 426 g/mol. The molecule has 8 heteroatoms. The number of ketones is 1. The second-order valence-corrected chi connectivity index (χ2v) is 7.33. The van der Waals surface area contributed by atoms with Crippen LogP contribution in [0.3, 0.4) is 0 Å². The molecule has 0 aliphatic carbocycles. The first-order valence-corrected chi connectivity index (χ1v) is 10.5. The van der Waals surface area contributed by atoms with Gasteiger partial charge in [0.25, 0.3) is 0 Å². The van der Waals surface area contributed by atoms with E-state index in [0.717, 1.165) is 5.69 Å². The molecule has 0 unspecified atom stereocenters. The molecule has 0 spiro atoms. The van der Waals surface area contributed by atoms with Gasteiger partial charge in [0.05, 0.1) is 34.1 Å². The minimum absolute atomic E-state index is 0.0176. The molecule has 166 valence electrons. The summed E-state index contributed by atoms with van der Waals surface area (Å²) in [6, 6.07) is 28.7. The van der Waals surface area contributed by atoms with Crippen LogP contribution < -0.4 is 5.73 Å². The van der Waals surface area contributed by atoms with Gasteiger partial charge in [-0.2, -0.15) is 30.7 Å². The van der Waals surface area contributed by atoms with Gasteiger partial charge in [-0.15, -0.1) is 0 Å². The van der Waals surface area contributed by atoms with Crippen LogP contribution >= 0.6 is 0 Å². The third kappa shape index (κ3) is 6.33. The molecule has 0 aliphatic heterocycles. The zero-order valence-corrected chi connectivity index (χ0v) is 18.4. The number of carbonyl (C=O) groups is 1. The van der Waals surface area contributed by atoms with Crippen LogP contribution in [0.4, 0.5) is 39.8 Å². The summed E-state index contributed by atoms with van der Waals surface area (Å²) >= 11 is 0. The zero-order valence-electron chi connectivity index (χ0n) is 18.4. The molecule has 0 aromatic heterocycles. The second kappa shape index (κ2) is 10.6. The standard InChI is InChI=1S/C26H21N7O/c1-18(34)19-2-6-21(7-3-19)28-30-23-10-14-25(15-11-23)32-33-26-16-12-24(13-17-26)31-29-22-8-4-20(27)5-9-22/h2-17H,27H2,1H3. The third-order valence-corrected chi connectivity index (χ3v) is 4.71. The van der Waals surface area contributed by atoms with Gasteiger partial charge in [0.15, 0.2) is 5.78 Å². The van der Waals surface area contributed by atoms with E-state index in [9.17, 15) is 4.79 Å². The zero-order chi connectivity index (χ0) is 23.8. The number of carbonyl (C=O) groups excluding carboxylic acids is 1. The Morgan fingerprint density at radius 1 is 0.471 bits per heavy atom. The lowest BCUT2D eigenvalue weighted by atomic mass is 10.1. The van der Waals surface area contributed by atoms with Crippen LogP contribution in [-0.4, -0.2) is 5.78 Å². The fourth-order valence-electron chi connectivity index (χ4n) is 2.82. The Morgan fingerprint density at radius 3 is 0.971 bits per heavy atom. The van der Waals surface area contributed by atoms with Crippen molar-refractivity contribution in [2.45, 2.75) is 6.92 Å². The van der Waals surface area contributed by atoms with Crippen molar-refractivity contribution in [2.24, 2.45) is 30.7 Å². The predicted molar refractivity (Wildman–Crippen MR) is 133 cm³/mol. The molecule has 8 nitrogen and oxygen atoms in total. The summed E-state index contributed by atoms with van der Waals surface area (Å²) < 4.78 is 0. The Hall–Kier alpha value is -4.85. The average molecular weight is 448 g/mol. The van der Waals surface area contributed by atoms with E-state index >= 15 is 0 Å². The van der Waals surface area contributed by atoms with E-state index in [-0.39, 0.29) is 5.78 Å². The summed E-state index contributed by atoms with van der Waals surface area (Å²) in [6.45, 7) is 1.53. The number of nitrogens with two attached hydrogens (primary N) is 1. The van der Waals surface area contributed by atoms with Crippen LogP contribution in [0, 0.1) is 0 Å². The average Bonchev–Trinajstić information content (AvgIpc) is 2.87. The molecule has 34 heavy (non-hydrogen) atoms. The Bertz CT molecular complexity index is 1340. The van der Waals surface area contributed by atoms with Crippen molar-refractivity contribution in [2.75, 3.05) is 5.73 Å². The van der Waals surface area contributed by atoms with Gasteiger partial charge >= 0.3 is 0 Å². The van der Waals surface area contributed by atoms with Crippen LogP contribution in [0.1, 0.15) is 17.3 Å². The quantitative estimate of drug-likeness (QED) is 0.173. The second-order valence-electron chi connectivity index (χ2n) is 7.33. The number of Topliss-reactive ketones (excluding diaryl/α,β-unsaturated/α-hetero) is 1. The number of nitrogens with zero attached hydrogens (tertiary/aromatic N) is 6. The Morgan fingerprint density at radius 2 is 0.706 bits per heavy atom. The van der Waals surface area contributed by atoms with Gasteiger partial charge in [0, 0.05) is 11.3 Å². The first-order valence-electron chi connectivity index (χ1n) is 10.5. The maximum atomic E-state index is 11.3. The fourth-order valence-corrected chi connectivity index (χ4v) is 2.82. The van der Waals surface area contributed by atoms with Crippen molar-refractivity contribution >= 4 is 45.6 Å². The number of hydrogen-bond acceptors (Lipinski definition) is 8. The number of hydrogen-bond donors (Lipinski definition) is 1. The molecule has 0 radical (unpaired) electrons. The third-order valence-electron chi connectivity index (χ3n) is 4.71. The number of rotatable bonds is 7. The minimum atomic E-state index is 0.0176. The SMILES string of the molecule is CC(=O)c1ccc(N=Nc2ccc(N=Nc3ccc(N=Nc4ccc(N)cc4)cc3)cc2)cc1.